The van der Waals surface area contributed by atoms with E-state index in [9.17, 15) is 0 Å². The van der Waals surface area contributed by atoms with Gasteiger partial charge in [-0.2, -0.15) is 0 Å². The fourth-order valence-electron chi connectivity index (χ4n) is 2.90. The van der Waals surface area contributed by atoms with E-state index in [1.165, 1.54) is 44.9 Å². The van der Waals surface area contributed by atoms with E-state index in [2.05, 4.69) is 6.92 Å². The molecule has 2 aliphatic rings. The summed E-state index contributed by atoms with van der Waals surface area (Å²) in [6.07, 6.45) is 9.50. The van der Waals surface area contributed by atoms with E-state index in [0.29, 0.717) is 5.41 Å². The molecule has 11 heavy (non-hydrogen) atoms. The van der Waals surface area contributed by atoms with E-state index in [-0.39, 0.29) is 5.54 Å². The molecule has 2 saturated carbocycles. The lowest BCUT2D eigenvalue weighted by molar-refractivity contribution is -0.0287. The molecule has 2 N–H and O–H groups in total. The predicted octanol–water partition coefficient (Wildman–Crippen LogP) is 2.45. The summed E-state index contributed by atoms with van der Waals surface area (Å²) < 4.78 is 0. The van der Waals surface area contributed by atoms with Crippen LogP contribution in [0.3, 0.4) is 0 Å². The maximum absolute atomic E-state index is 6.35. The summed E-state index contributed by atoms with van der Waals surface area (Å²) >= 11 is 0. The fraction of sp³-hybridized carbons (Fsp3) is 1.00. The van der Waals surface area contributed by atoms with Crippen LogP contribution in [0.5, 0.6) is 0 Å². The fourth-order valence-corrected chi connectivity index (χ4v) is 2.90. The Hall–Kier alpha value is -0.0400. The molecule has 2 rings (SSSR count). The number of rotatable bonds is 2. The Labute approximate surface area is 69.4 Å². The van der Waals surface area contributed by atoms with Gasteiger partial charge in [0.25, 0.3) is 0 Å². The van der Waals surface area contributed by atoms with Crippen molar-refractivity contribution in [1.29, 1.82) is 0 Å². The molecular weight excluding hydrogens is 134 g/mol. The molecule has 1 heteroatoms. The van der Waals surface area contributed by atoms with Crippen LogP contribution in [0.2, 0.25) is 0 Å². The topological polar surface area (TPSA) is 26.0 Å². The number of hydrogen-bond donors (Lipinski definition) is 1. The number of nitrogens with two attached hydrogens (primary N) is 1. The molecule has 64 valence electrons. The lowest BCUT2D eigenvalue weighted by Gasteiger charge is -2.59. The molecule has 0 aromatic heterocycles. The van der Waals surface area contributed by atoms with Crippen molar-refractivity contribution in [3.8, 4) is 0 Å². The molecule has 2 fully saturated rings. The molecule has 1 nitrogen and oxygen atoms in total. The van der Waals surface area contributed by atoms with E-state index >= 15 is 0 Å². The lowest BCUT2D eigenvalue weighted by Crippen LogP contribution is -2.62. The summed E-state index contributed by atoms with van der Waals surface area (Å²) in [4.78, 5) is 0. The molecule has 0 aromatic rings. The third-order valence-corrected chi connectivity index (χ3v) is 4.29. The summed E-state index contributed by atoms with van der Waals surface area (Å²) in [5.74, 6) is 0. The molecule has 0 radical (unpaired) electrons. The van der Waals surface area contributed by atoms with Crippen LogP contribution in [-0.2, 0) is 0 Å². The zero-order valence-corrected chi connectivity index (χ0v) is 7.53. The van der Waals surface area contributed by atoms with Crippen LogP contribution in [0.25, 0.3) is 0 Å². The highest BCUT2D eigenvalue weighted by Crippen LogP contribution is 2.57. The first-order valence-corrected chi connectivity index (χ1v) is 5.01. The Morgan fingerprint density at radius 1 is 1.09 bits per heavy atom. The summed E-state index contributed by atoms with van der Waals surface area (Å²) in [5, 5.41) is 0. The Kier molecular flexibility index (Phi) is 1.54. The van der Waals surface area contributed by atoms with Crippen LogP contribution in [0.1, 0.15) is 51.9 Å². The average Bonchev–Trinajstić information content (AvgIpc) is 1.83. The molecule has 2 aliphatic carbocycles. The monoisotopic (exact) mass is 153 g/mol. The third kappa shape index (κ3) is 0.807. The molecule has 0 bridgehead atoms. The van der Waals surface area contributed by atoms with Crippen molar-refractivity contribution < 1.29 is 0 Å². The van der Waals surface area contributed by atoms with Crippen molar-refractivity contribution in [2.24, 2.45) is 11.1 Å². The first-order chi connectivity index (χ1) is 5.22. The molecular formula is C10H19N. The SMILES string of the molecule is CCC1(C2(N)CCC2)CCC1. The molecule has 0 saturated heterocycles. The van der Waals surface area contributed by atoms with Gasteiger partial charge in [-0.25, -0.2) is 0 Å². The van der Waals surface area contributed by atoms with Gasteiger partial charge in [0.05, 0.1) is 0 Å². The predicted molar refractivity (Wildman–Crippen MR) is 47.3 cm³/mol. The second-order valence-corrected chi connectivity index (χ2v) is 4.50. The largest absolute Gasteiger partial charge is 0.325 e. The van der Waals surface area contributed by atoms with E-state index < -0.39 is 0 Å². The number of hydrogen-bond acceptors (Lipinski definition) is 1. The van der Waals surface area contributed by atoms with Crippen molar-refractivity contribution in [2.75, 3.05) is 0 Å². The van der Waals surface area contributed by atoms with Gasteiger partial charge in [0.15, 0.2) is 0 Å². The van der Waals surface area contributed by atoms with Crippen LogP contribution in [0.4, 0.5) is 0 Å². The quantitative estimate of drug-likeness (QED) is 0.648. The van der Waals surface area contributed by atoms with Crippen molar-refractivity contribution in [2.45, 2.75) is 57.4 Å². The highest BCUT2D eigenvalue weighted by atomic mass is 14.8. The first-order valence-electron chi connectivity index (χ1n) is 5.01. The van der Waals surface area contributed by atoms with Gasteiger partial charge in [-0.1, -0.05) is 13.3 Å². The molecule has 0 heterocycles. The minimum absolute atomic E-state index is 0.264. The molecule has 0 aliphatic heterocycles. The molecule has 0 unspecified atom stereocenters. The van der Waals surface area contributed by atoms with Gasteiger partial charge in [0.2, 0.25) is 0 Å². The lowest BCUT2D eigenvalue weighted by atomic mass is 9.50. The second-order valence-electron chi connectivity index (χ2n) is 4.50. The van der Waals surface area contributed by atoms with E-state index in [0.717, 1.165) is 0 Å². The van der Waals surface area contributed by atoms with Crippen LogP contribution in [0.15, 0.2) is 0 Å². The molecule has 0 amide bonds. The van der Waals surface area contributed by atoms with Gasteiger partial charge in [-0.3, -0.25) is 0 Å². The van der Waals surface area contributed by atoms with Crippen LogP contribution in [0, 0.1) is 5.41 Å². The van der Waals surface area contributed by atoms with Crippen molar-refractivity contribution in [3.63, 3.8) is 0 Å². The highest BCUT2D eigenvalue weighted by molar-refractivity contribution is 5.10. The van der Waals surface area contributed by atoms with Crippen molar-refractivity contribution in [1.82, 2.24) is 0 Å². The summed E-state index contributed by atoms with van der Waals surface area (Å²) in [7, 11) is 0. The van der Waals surface area contributed by atoms with Crippen LogP contribution in [-0.4, -0.2) is 5.54 Å². The van der Waals surface area contributed by atoms with Crippen molar-refractivity contribution in [3.05, 3.63) is 0 Å². The third-order valence-electron chi connectivity index (χ3n) is 4.29. The van der Waals surface area contributed by atoms with Gasteiger partial charge in [-0.15, -0.1) is 0 Å². The second kappa shape index (κ2) is 2.22. The van der Waals surface area contributed by atoms with Crippen LogP contribution >= 0.6 is 0 Å². The molecule has 0 atom stereocenters. The van der Waals surface area contributed by atoms with E-state index in [1.807, 2.05) is 0 Å². The Balaban J connectivity index is 2.10. The summed E-state index contributed by atoms with van der Waals surface area (Å²) in [6, 6.07) is 0. The van der Waals surface area contributed by atoms with E-state index in [4.69, 9.17) is 5.73 Å². The van der Waals surface area contributed by atoms with Gasteiger partial charge in [0, 0.05) is 5.54 Å². The molecule has 0 spiro atoms. The zero-order chi connectivity index (χ0) is 7.95. The summed E-state index contributed by atoms with van der Waals surface area (Å²) in [5.41, 5.74) is 7.19. The maximum atomic E-state index is 6.35. The highest BCUT2D eigenvalue weighted by Gasteiger charge is 2.53. The van der Waals surface area contributed by atoms with Crippen molar-refractivity contribution >= 4 is 0 Å². The van der Waals surface area contributed by atoms with Gasteiger partial charge in [0.1, 0.15) is 0 Å². The van der Waals surface area contributed by atoms with Crippen LogP contribution < -0.4 is 5.73 Å². The van der Waals surface area contributed by atoms with E-state index in [1.54, 1.807) is 0 Å². The van der Waals surface area contributed by atoms with Gasteiger partial charge < -0.3 is 5.73 Å². The Morgan fingerprint density at radius 2 is 1.64 bits per heavy atom. The maximum Gasteiger partial charge on any atom is 0.0211 e. The summed E-state index contributed by atoms with van der Waals surface area (Å²) in [6.45, 7) is 2.31. The minimum Gasteiger partial charge on any atom is -0.325 e. The van der Waals surface area contributed by atoms with Gasteiger partial charge >= 0.3 is 0 Å². The zero-order valence-electron chi connectivity index (χ0n) is 7.53. The Morgan fingerprint density at radius 3 is 1.73 bits per heavy atom. The normalized spacial score (nSPS) is 32.2. The smallest absolute Gasteiger partial charge is 0.0211 e. The first kappa shape index (κ1) is 7.60. The standard InChI is InChI=1S/C10H19N/c1-2-9(5-3-6-9)10(11)7-4-8-10/h2-8,11H2,1H3. The Bertz CT molecular complexity index is 149. The van der Waals surface area contributed by atoms with Gasteiger partial charge in [-0.05, 0) is 43.9 Å². The molecule has 0 aromatic carbocycles. The minimum atomic E-state index is 0.264. The average molecular weight is 153 g/mol.